The number of carbonyl (C=O) groups excluding carboxylic acids is 2. The molecule has 6 nitrogen and oxygen atoms in total. The summed E-state index contributed by atoms with van der Waals surface area (Å²) in [4.78, 5) is 29.9. The third-order valence-electron chi connectivity index (χ3n) is 3.16. The lowest BCUT2D eigenvalue weighted by molar-refractivity contribution is -0.159. The van der Waals surface area contributed by atoms with Crippen molar-refractivity contribution in [2.75, 3.05) is 6.54 Å². The molecule has 1 saturated heterocycles. The van der Waals surface area contributed by atoms with Crippen LogP contribution in [0.25, 0.3) is 0 Å². The molecule has 21 heavy (non-hydrogen) atoms. The number of aromatic nitrogens is 1. The number of nitrogens with zero attached hydrogens (tertiary/aromatic N) is 2. The number of hydrogen-bond acceptors (Lipinski definition) is 5. The number of hydrogen-bond donors (Lipinski definition) is 1. The van der Waals surface area contributed by atoms with Crippen LogP contribution in [0.5, 0.6) is 5.75 Å². The average Bonchev–Trinajstić information content (AvgIpc) is 2.85. The molecule has 2 rings (SSSR count). The van der Waals surface area contributed by atoms with Gasteiger partial charge < -0.3 is 14.7 Å². The van der Waals surface area contributed by atoms with Gasteiger partial charge in [0.15, 0.2) is 0 Å². The van der Waals surface area contributed by atoms with Crippen LogP contribution in [-0.4, -0.2) is 45.1 Å². The predicted octanol–water partition coefficient (Wildman–Crippen LogP) is 1.73. The second-order valence-corrected chi connectivity index (χ2v) is 6.12. The highest BCUT2D eigenvalue weighted by Gasteiger charge is 2.37. The maximum absolute atomic E-state index is 12.4. The molecule has 1 aromatic rings. The van der Waals surface area contributed by atoms with E-state index in [4.69, 9.17) is 4.74 Å². The van der Waals surface area contributed by atoms with Crippen LogP contribution in [0, 0.1) is 0 Å². The van der Waals surface area contributed by atoms with Crippen LogP contribution in [0.4, 0.5) is 0 Å². The molecular formula is C15H20N2O4. The summed E-state index contributed by atoms with van der Waals surface area (Å²) in [7, 11) is 0. The summed E-state index contributed by atoms with van der Waals surface area (Å²) >= 11 is 0. The molecule has 0 saturated carbocycles. The molecule has 0 spiro atoms. The van der Waals surface area contributed by atoms with Gasteiger partial charge in [-0.1, -0.05) is 0 Å². The van der Waals surface area contributed by atoms with Gasteiger partial charge in [0, 0.05) is 12.7 Å². The topological polar surface area (TPSA) is 79.7 Å². The molecule has 114 valence electrons. The first-order chi connectivity index (χ1) is 9.78. The lowest BCUT2D eigenvalue weighted by atomic mass is 10.1. The van der Waals surface area contributed by atoms with Gasteiger partial charge in [-0.25, -0.2) is 4.79 Å². The summed E-state index contributed by atoms with van der Waals surface area (Å²) in [5.41, 5.74) is -0.313. The third-order valence-corrected chi connectivity index (χ3v) is 3.16. The van der Waals surface area contributed by atoms with Crippen LogP contribution in [0.2, 0.25) is 0 Å². The molecule has 1 atom stereocenters. The molecule has 6 heteroatoms. The highest BCUT2D eigenvalue weighted by molar-refractivity contribution is 5.97. The fraction of sp³-hybridized carbons (Fsp3) is 0.533. The Balaban J connectivity index is 2.15. The van der Waals surface area contributed by atoms with Gasteiger partial charge in [-0.05, 0) is 39.7 Å². The smallest absolute Gasteiger partial charge is 0.329 e. The summed E-state index contributed by atoms with van der Waals surface area (Å²) in [6, 6.07) is 0.777. The number of rotatable bonds is 2. The zero-order valence-electron chi connectivity index (χ0n) is 12.5. The van der Waals surface area contributed by atoms with Crippen molar-refractivity contribution in [1.82, 2.24) is 9.88 Å². The quantitative estimate of drug-likeness (QED) is 0.840. The Bertz CT molecular complexity index is 551. The lowest BCUT2D eigenvalue weighted by Gasteiger charge is -2.27. The third kappa shape index (κ3) is 3.71. The number of carbonyl (C=O) groups is 2. The number of aromatic hydroxyl groups is 1. The zero-order chi connectivity index (χ0) is 15.6. The summed E-state index contributed by atoms with van der Waals surface area (Å²) in [6.45, 7) is 5.89. The molecule has 1 aliphatic rings. The predicted molar refractivity (Wildman–Crippen MR) is 75.8 cm³/mol. The normalized spacial score (nSPS) is 18.6. The van der Waals surface area contributed by atoms with Crippen molar-refractivity contribution < 1.29 is 19.4 Å². The largest absolute Gasteiger partial charge is 0.506 e. The number of pyridine rings is 1. The Hall–Kier alpha value is -2.11. The van der Waals surface area contributed by atoms with Crippen molar-refractivity contribution in [1.29, 1.82) is 0 Å². The molecule has 0 radical (unpaired) electrons. The first-order valence-corrected chi connectivity index (χ1v) is 6.96. The van der Waals surface area contributed by atoms with Gasteiger partial charge in [0.25, 0.3) is 5.91 Å². The van der Waals surface area contributed by atoms with Crippen LogP contribution in [0.15, 0.2) is 18.5 Å². The highest BCUT2D eigenvalue weighted by atomic mass is 16.6. The van der Waals surface area contributed by atoms with Gasteiger partial charge >= 0.3 is 5.97 Å². The van der Waals surface area contributed by atoms with Crippen LogP contribution >= 0.6 is 0 Å². The average molecular weight is 292 g/mol. The Morgan fingerprint density at radius 3 is 2.71 bits per heavy atom. The SMILES string of the molecule is CC(C)(C)OC(=O)[C@H]1CCCN1C(=O)c1cncc(O)c1. The molecule has 1 amide bonds. The van der Waals surface area contributed by atoms with Gasteiger partial charge in [0.2, 0.25) is 0 Å². The van der Waals surface area contributed by atoms with E-state index in [2.05, 4.69) is 4.98 Å². The standard InChI is InChI=1S/C15H20N2O4/c1-15(2,3)21-14(20)12-5-4-6-17(12)13(19)10-7-11(18)9-16-8-10/h7-9,12,18H,4-6H2,1-3H3/t12-/m1/s1. The minimum Gasteiger partial charge on any atom is -0.506 e. The van der Waals surface area contributed by atoms with E-state index in [-0.39, 0.29) is 23.2 Å². The van der Waals surface area contributed by atoms with Gasteiger partial charge in [-0.2, -0.15) is 0 Å². The van der Waals surface area contributed by atoms with Crippen LogP contribution in [-0.2, 0) is 9.53 Å². The minimum atomic E-state index is -0.582. The molecule has 1 aliphatic heterocycles. The van der Waals surface area contributed by atoms with Crippen molar-refractivity contribution >= 4 is 11.9 Å². The van der Waals surface area contributed by atoms with Crippen molar-refractivity contribution in [3.8, 4) is 5.75 Å². The fourth-order valence-corrected chi connectivity index (χ4v) is 2.34. The molecule has 1 aromatic heterocycles. The number of amides is 1. The number of esters is 1. The summed E-state index contributed by atoms with van der Waals surface area (Å²) in [5, 5.41) is 9.41. The summed E-state index contributed by atoms with van der Waals surface area (Å²) in [6.07, 6.45) is 3.98. The highest BCUT2D eigenvalue weighted by Crippen LogP contribution is 2.23. The van der Waals surface area contributed by atoms with E-state index in [9.17, 15) is 14.7 Å². The molecule has 2 heterocycles. The Morgan fingerprint density at radius 1 is 1.38 bits per heavy atom. The summed E-state index contributed by atoms with van der Waals surface area (Å²) < 4.78 is 5.36. The maximum Gasteiger partial charge on any atom is 0.329 e. The molecule has 1 fully saturated rings. The van der Waals surface area contributed by atoms with E-state index in [1.807, 2.05) is 0 Å². The zero-order valence-corrected chi connectivity index (χ0v) is 12.5. The van der Waals surface area contributed by atoms with E-state index in [0.29, 0.717) is 13.0 Å². The summed E-state index contributed by atoms with van der Waals surface area (Å²) in [5.74, 6) is -0.776. The van der Waals surface area contributed by atoms with E-state index in [1.165, 1.54) is 23.4 Å². The first-order valence-electron chi connectivity index (χ1n) is 6.96. The molecule has 0 aliphatic carbocycles. The van der Waals surface area contributed by atoms with Crippen LogP contribution in [0.3, 0.4) is 0 Å². The van der Waals surface area contributed by atoms with Gasteiger partial charge in [-0.15, -0.1) is 0 Å². The van der Waals surface area contributed by atoms with E-state index in [0.717, 1.165) is 6.42 Å². The van der Waals surface area contributed by atoms with Crippen molar-refractivity contribution in [3.05, 3.63) is 24.0 Å². The molecule has 0 bridgehead atoms. The van der Waals surface area contributed by atoms with Gasteiger partial charge in [0.1, 0.15) is 17.4 Å². The number of likely N-dealkylation sites (tertiary alicyclic amines) is 1. The Morgan fingerprint density at radius 2 is 2.10 bits per heavy atom. The fourth-order valence-electron chi connectivity index (χ4n) is 2.34. The van der Waals surface area contributed by atoms with Crippen molar-refractivity contribution in [2.45, 2.75) is 45.3 Å². The second-order valence-electron chi connectivity index (χ2n) is 6.12. The minimum absolute atomic E-state index is 0.0751. The maximum atomic E-state index is 12.4. The van der Waals surface area contributed by atoms with Gasteiger partial charge in [0.05, 0.1) is 11.8 Å². The van der Waals surface area contributed by atoms with E-state index < -0.39 is 11.6 Å². The molecule has 0 aromatic carbocycles. The Kier molecular flexibility index (Phi) is 4.16. The van der Waals surface area contributed by atoms with Crippen molar-refractivity contribution in [2.24, 2.45) is 0 Å². The van der Waals surface area contributed by atoms with Gasteiger partial charge in [-0.3, -0.25) is 9.78 Å². The number of ether oxygens (including phenoxy) is 1. The molecular weight excluding hydrogens is 272 g/mol. The second kappa shape index (κ2) is 5.71. The van der Waals surface area contributed by atoms with E-state index in [1.54, 1.807) is 20.8 Å². The van der Waals surface area contributed by atoms with E-state index >= 15 is 0 Å². The first kappa shape index (κ1) is 15.3. The van der Waals surface area contributed by atoms with Crippen LogP contribution in [0.1, 0.15) is 44.0 Å². The van der Waals surface area contributed by atoms with Crippen LogP contribution < -0.4 is 0 Å². The lowest BCUT2D eigenvalue weighted by Crippen LogP contribution is -2.43. The molecule has 0 unspecified atom stereocenters. The monoisotopic (exact) mass is 292 g/mol. The Labute approximate surface area is 123 Å². The molecule has 1 N–H and O–H groups in total. The van der Waals surface area contributed by atoms with Crippen molar-refractivity contribution in [3.63, 3.8) is 0 Å².